The summed E-state index contributed by atoms with van der Waals surface area (Å²) >= 11 is 0. The molecule has 0 radical (unpaired) electrons. The number of aliphatic hydroxyl groups is 2. The van der Waals surface area contributed by atoms with Gasteiger partial charge in [0.1, 0.15) is 11.3 Å². The summed E-state index contributed by atoms with van der Waals surface area (Å²) in [5, 5.41) is 19.5. The van der Waals surface area contributed by atoms with Crippen LogP contribution < -0.4 is 10.3 Å². The molecule has 1 saturated carbocycles. The number of nitrogens with zero attached hydrogens (tertiary/aromatic N) is 4. The van der Waals surface area contributed by atoms with Gasteiger partial charge < -0.3 is 29.7 Å². The molecule has 10 heteroatoms. The molecule has 1 aliphatic carbocycles. The third kappa shape index (κ3) is 4.86. The Morgan fingerprint density at radius 1 is 1.17 bits per heavy atom. The van der Waals surface area contributed by atoms with E-state index >= 15 is 0 Å². The number of hydrogen-bond acceptors (Lipinski definition) is 8. The molecule has 1 aliphatic heterocycles. The summed E-state index contributed by atoms with van der Waals surface area (Å²) in [7, 11) is 0. The number of fused-ring (bicyclic) bond motifs is 2. The first-order valence-electron chi connectivity index (χ1n) is 12.4. The van der Waals surface area contributed by atoms with Crippen LogP contribution in [-0.4, -0.2) is 79.6 Å². The molecule has 2 aliphatic rings. The SMILES string of the molecule is Cc1nc2[nH]c(C(C)CC(O)CO)c(N3CCN(C(=O)OC(C)(C)C)[C@H]4CC[C@@H]43)c(=O)c2nc1C. The lowest BCUT2D eigenvalue weighted by atomic mass is 9.81. The molecule has 2 aromatic heterocycles. The molecule has 4 atom stereocenters. The lowest BCUT2D eigenvalue weighted by molar-refractivity contribution is -0.00452. The van der Waals surface area contributed by atoms with E-state index in [9.17, 15) is 19.8 Å². The van der Waals surface area contributed by atoms with E-state index in [2.05, 4.69) is 19.9 Å². The van der Waals surface area contributed by atoms with Gasteiger partial charge in [-0.1, -0.05) is 6.92 Å². The molecular weight excluding hydrogens is 450 g/mol. The molecule has 2 fully saturated rings. The van der Waals surface area contributed by atoms with Gasteiger partial charge in [-0.15, -0.1) is 0 Å². The van der Waals surface area contributed by atoms with Crippen LogP contribution in [0.3, 0.4) is 0 Å². The smallest absolute Gasteiger partial charge is 0.410 e. The molecule has 0 spiro atoms. The van der Waals surface area contributed by atoms with Gasteiger partial charge in [0.2, 0.25) is 5.43 Å². The van der Waals surface area contributed by atoms with Crippen molar-refractivity contribution in [1.82, 2.24) is 19.9 Å². The van der Waals surface area contributed by atoms with E-state index in [1.54, 1.807) is 4.90 Å². The van der Waals surface area contributed by atoms with Crippen molar-refractivity contribution in [3.63, 3.8) is 0 Å². The number of pyridine rings is 1. The molecule has 2 aromatic rings. The van der Waals surface area contributed by atoms with E-state index in [1.807, 2.05) is 41.5 Å². The number of aromatic amines is 1. The number of nitrogens with one attached hydrogen (secondary N) is 1. The number of amides is 1. The molecule has 3 N–H and O–H groups in total. The zero-order chi connectivity index (χ0) is 25.7. The number of hydrogen-bond donors (Lipinski definition) is 3. The highest BCUT2D eigenvalue weighted by Crippen LogP contribution is 2.39. The predicted molar refractivity (Wildman–Crippen MR) is 133 cm³/mol. The summed E-state index contributed by atoms with van der Waals surface area (Å²) < 4.78 is 5.63. The van der Waals surface area contributed by atoms with Crippen molar-refractivity contribution < 1.29 is 19.7 Å². The zero-order valence-corrected chi connectivity index (χ0v) is 21.5. The molecular formula is C25H37N5O5. The predicted octanol–water partition coefficient (Wildman–Crippen LogP) is 2.37. The maximum atomic E-state index is 13.9. The third-order valence-corrected chi connectivity index (χ3v) is 7.07. The number of carbonyl (C=O) groups is 1. The number of rotatable bonds is 5. The highest BCUT2D eigenvalue weighted by molar-refractivity contribution is 5.77. The van der Waals surface area contributed by atoms with Crippen molar-refractivity contribution >= 4 is 22.9 Å². The minimum atomic E-state index is -0.900. The van der Waals surface area contributed by atoms with Gasteiger partial charge in [0.05, 0.1) is 30.1 Å². The summed E-state index contributed by atoms with van der Waals surface area (Å²) in [6.07, 6.45) is 0.764. The van der Waals surface area contributed by atoms with Crippen LogP contribution >= 0.6 is 0 Å². The van der Waals surface area contributed by atoms with E-state index in [0.717, 1.165) is 18.5 Å². The van der Waals surface area contributed by atoms with E-state index in [4.69, 9.17) is 4.74 Å². The second-order valence-electron chi connectivity index (χ2n) is 10.9. The normalized spacial score (nSPS) is 21.9. The van der Waals surface area contributed by atoms with Gasteiger partial charge in [0, 0.05) is 30.7 Å². The van der Waals surface area contributed by atoms with Crippen LogP contribution in [0.25, 0.3) is 11.2 Å². The lowest BCUT2D eigenvalue weighted by Crippen LogP contribution is -2.67. The standard InChI is InChI=1S/C25H37N5O5/c1-13(11-16(32)12-31)19-21(22(33)20-23(28-19)27-15(3)14(2)26-20)29-9-10-30(18-8-7-17(18)29)24(34)35-25(4,5)6/h13,16-18,31-32H,7-12H2,1-6H3,(H,27,28,33)/t13?,16?,17-,18-/m0/s1. The number of ether oxygens (including phenoxy) is 1. The molecule has 4 rings (SSSR count). The summed E-state index contributed by atoms with van der Waals surface area (Å²) in [6, 6.07) is -0.0474. The van der Waals surface area contributed by atoms with Gasteiger partial charge in [-0.3, -0.25) is 4.79 Å². The number of aromatic nitrogens is 3. The molecule has 35 heavy (non-hydrogen) atoms. The fraction of sp³-hybridized carbons (Fsp3) is 0.680. The fourth-order valence-electron chi connectivity index (χ4n) is 5.08. The fourth-order valence-corrected chi connectivity index (χ4v) is 5.08. The quantitative estimate of drug-likeness (QED) is 0.586. The van der Waals surface area contributed by atoms with E-state index < -0.39 is 11.7 Å². The molecule has 2 unspecified atom stereocenters. The van der Waals surface area contributed by atoms with Crippen molar-refractivity contribution in [3.8, 4) is 0 Å². The summed E-state index contributed by atoms with van der Waals surface area (Å²) in [5.74, 6) is -0.241. The molecule has 0 bridgehead atoms. The Balaban J connectivity index is 1.76. The highest BCUT2D eigenvalue weighted by atomic mass is 16.6. The number of H-pyrrole nitrogens is 1. The molecule has 10 nitrogen and oxygen atoms in total. The molecule has 1 saturated heterocycles. The van der Waals surface area contributed by atoms with Gasteiger partial charge in [-0.2, -0.15) is 0 Å². The molecule has 192 valence electrons. The van der Waals surface area contributed by atoms with Crippen LogP contribution in [0.15, 0.2) is 4.79 Å². The summed E-state index contributed by atoms with van der Waals surface area (Å²) in [5.41, 5.74) is 2.54. The Morgan fingerprint density at radius 3 is 2.43 bits per heavy atom. The molecule has 3 heterocycles. The lowest BCUT2D eigenvalue weighted by Gasteiger charge is -2.54. The van der Waals surface area contributed by atoms with Crippen LogP contribution in [0.1, 0.15) is 70.0 Å². The van der Waals surface area contributed by atoms with Crippen molar-refractivity contribution in [2.75, 3.05) is 24.6 Å². The number of carbonyl (C=O) groups excluding carboxylic acids is 1. The highest BCUT2D eigenvalue weighted by Gasteiger charge is 2.47. The first-order valence-corrected chi connectivity index (χ1v) is 12.4. The average Bonchev–Trinajstić information content (AvgIpc) is 2.74. The molecule has 1 amide bonds. The van der Waals surface area contributed by atoms with Gasteiger partial charge in [-0.05, 0) is 53.9 Å². The Morgan fingerprint density at radius 2 is 1.83 bits per heavy atom. The number of aryl methyl sites for hydroxylation is 2. The topological polar surface area (TPSA) is 132 Å². The Bertz CT molecular complexity index is 1170. The van der Waals surface area contributed by atoms with Crippen LogP contribution in [0, 0.1) is 13.8 Å². The van der Waals surface area contributed by atoms with Gasteiger partial charge in [0.25, 0.3) is 0 Å². The minimum absolute atomic E-state index is 0.0111. The molecule has 0 aromatic carbocycles. The first kappa shape index (κ1) is 25.4. The minimum Gasteiger partial charge on any atom is -0.444 e. The summed E-state index contributed by atoms with van der Waals surface area (Å²) in [6.45, 7) is 11.7. The Labute approximate surface area is 205 Å². The zero-order valence-electron chi connectivity index (χ0n) is 21.5. The van der Waals surface area contributed by atoms with E-state index in [0.29, 0.717) is 35.8 Å². The Kier molecular flexibility index (Phi) is 6.80. The van der Waals surface area contributed by atoms with Gasteiger partial charge in [0.15, 0.2) is 11.2 Å². The first-order chi connectivity index (χ1) is 16.4. The summed E-state index contributed by atoms with van der Waals surface area (Å²) in [4.78, 5) is 43.0. The largest absolute Gasteiger partial charge is 0.444 e. The monoisotopic (exact) mass is 487 g/mol. The van der Waals surface area contributed by atoms with Crippen molar-refractivity contribution in [1.29, 1.82) is 0 Å². The van der Waals surface area contributed by atoms with E-state index in [1.165, 1.54) is 0 Å². The van der Waals surface area contributed by atoms with Crippen LogP contribution in [0.4, 0.5) is 10.5 Å². The maximum Gasteiger partial charge on any atom is 0.410 e. The van der Waals surface area contributed by atoms with Gasteiger partial charge >= 0.3 is 6.09 Å². The number of aliphatic hydroxyl groups excluding tert-OH is 2. The van der Waals surface area contributed by atoms with Crippen molar-refractivity contribution in [2.45, 2.75) is 90.5 Å². The maximum absolute atomic E-state index is 13.9. The van der Waals surface area contributed by atoms with Crippen molar-refractivity contribution in [2.24, 2.45) is 0 Å². The van der Waals surface area contributed by atoms with E-state index in [-0.39, 0.29) is 48.1 Å². The van der Waals surface area contributed by atoms with Crippen molar-refractivity contribution in [3.05, 3.63) is 27.3 Å². The second kappa shape index (κ2) is 9.39. The number of anilines is 1. The number of piperazine rings is 1. The Hall–Kier alpha value is -2.72. The van der Waals surface area contributed by atoms with Crippen LogP contribution in [-0.2, 0) is 4.74 Å². The average molecular weight is 488 g/mol. The third-order valence-electron chi connectivity index (χ3n) is 7.07. The second-order valence-corrected chi connectivity index (χ2v) is 10.9. The van der Waals surface area contributed by atoms with Gasteiger partial charge in [-0.25, -0.2) is 14.8 Å². The van der Waals surface area contributed by atoms with Crippen LogP contribution in [0.2, 0.25) is 0 Å². The van der Waals surface area contributed by atoms with Crippen LogP contribution in [0.5, 0.6) is 0 Å².